The molecule has 112 valence electrons. The van der Waals surface area contributed by atoms with Crippen LogP contribution in [0.4, 0.5) is 0 Å². The van der Waals surface area contributed by atoms with Crippen LogP contribution in [0.25, 0.3) is 0 Å². The van der Waals surface area contributed by atoms with Crippen molar-refractivity contribution in [2.45, 2.75) is 32.1 Å². The highest BCUT2D eigenvalue weighted by Crippen LogP contribution is 2.37. The third-order valence-corrected chi connectivity index (χ3v) is 5.49. The molecule has 1 saturated carbocycles. The summed E-state index contributed by atoms with van der Waals surface area (Å²) in [5.41, 5.74) is 0.787. The van der Waals surface area contributed by atoms with Gasteiger partial charge in [0.25, 0.3) is 0 Å². The maximum Gasteiger partial charge on any atom is 0.211 e. The topological polar surface area (TPSA) is 66.4 Å². The van der Waals surface area contributed by atoms with Gasteiger partial charge in [-0.25, -0.2) is 13.1 Å². The van der Waals surface area contributed by atoms with Crippen molar-refractivity contribution in [2.75, 3.05) is 18.9 Å². The summed E-state index contributed by atoms with van der Waals surface area (Å²) in [5.74, 6) is 0.0958. The minimum absolute atomic E-state index is 0.0637. The van der Waals surface area contributed by atoms with Crippen LogP contribution in [-0.2, 0) is 16.4 Å². The molecule has 2 rings (SSSR count). The fourth-order valence-electron chi connectivity index (χ4n) is 2.75. The van der Waals surface area contributed by atoms with Gasteiger partial charge in [-0.1, -0.05) is 43.2 Å². The van der Waals surface area contributed by atoms with Crippen LogP contribution in [0, 0.1) is 5.41 Å². The lowest BCUT2D eigenvalue weighted by molar-refractivity contribution is 0.134. The molecule has 0 atom stereocenters. The Morgan fingerprint density at radius 1 is 1.15 bits per heavy atom. The summed E-state index contributed by atoms with van der Waals surface area (Å²) in [5, 5.41) is 9.49. The minimum Gasteiger partial charge on any atom is -0.396 e. The molecule has 1 aliphatic rings. The molecular formula is C15H23NO3S. The summed E-state index contributed by atoms with van der Waals surface area (Å²) in [7, 11) is -3.28. The fraction of sp³-hybridized carbons (Fsp3) is 0.600. The second-order valence-electron chi connectivity index (χ2n) is 5.74. The van der Waals surface area contributed by atoms with Crippen LogP contribution in [0.1, 0.15) is 31.2 Å². The van der Waals surface area contributed by atoms with Crippen LogP contribution in [0.5, 0.6) is 0 Å². The van der Waals surface area contributed by atoms with Crippen LogP contribution in [0.15, 0.2) is 30.3 Å². The lowest BCUT2D eigenvalue weighted by Gasteiger charge is -2.26. The van der Waals surface area contributed by atoms with Crippen LogP contribution in [0.3, 0.4) is 0 Å². The summed E-state index contributed by atoms with van der Waals surface area (Å²) >= 11 is 0. The zero-order valence-electron chi connectivity index (χ0n) is 11.7. The van der Waals surface area contributed by atoms with Gasteiger partial charge in [0.2, 0.25) is 10.0 Å². The van der Waals surface area contributed by atoms with Crippen LogP contribution in [0.2, 0.25) is 0 Å². The Morgan fingerprint density at radius 3 is 2.40 bits per heavy atom. The highest BCUT2D eigenvalue weighted by Gasteiger charge is 2.34. The first-order valence-corrected chi connectivity index (χ1v) is 8.83. The van der Waals surface area contributed by atoms with Gasteiger partial charge in [0.15, 0.2) is 0 Å². The molecule has 1 aromatic rings. The Hall–Kier alpha value is -0.910. The summed E-state index contributed by atoms with van der Waals surface area (Å²) in [6.07, 6.45) is 4.48. The molecule has 0 amide bonds. The van der Waals surface area contributed by atoms with Crippen molar-refractivity contribution >= 4 is 10.0 Å². The van der Waals surface area contributed by atoms with E-state index in [1.54, 1.807) is 0 Å². The molecule has 0 heterocycles. The fourth-order valence-corrected chi connectivity index (χ4v) is 3.92. The third-order valence-electron chi connectivity index (χ3n) is 4.17. The molecule has 0 bridgehead atoms. The number of rotatable bonds is 7. The highest BCUT2D eigenvalue weighted by molar-refractivity contribution is 7.89. The van der Waals surface area contributed by atoms with E-state index in [0.717, 1.165) is 31.2 Å². The van der Waals surface area contributed by atoms with Crippen molar-refractivity contribution in [1.29, 1.82) is 0 Å². The molecule has 0 radical (unpaired) electrons. The number of hydrogen-bond acceptors (Lipinski definition) is 3. The Morgan fingerprint density at radius 2 is 1.80 bits per heavy atom. The van der Waals surface area contributed by atoms with E-state index in [1.807, 2.05) is 30.3 Å². The van der Waals surface area contributed by atoms with Crippen molar-refractivity contribution in [1.82, 2.24) is 4.72 Å². The van der Waals surface area contributed by atoms with Crippen molar-refractivity contribution in [3.8, 4) is 0 Å². The first kappa shape index (κ1) is 15.5. The maximum atomic E-state index is 12.0. The molecule has 0 saturated heterocycles. The Labute approximate surface area is 121 Å². The van der Waals surface area contributed by atoms with Gasteiger partial charge in [-0.2, -0.15) is 0 Å². The molecule has 1 aliphatic carbocycles. The standard InChI is InChI=1S/C15H23NO3S/c17-13-15(9-4-5-10-15)12-16-20(18,19)11-8-14-6-2-1-3-7-14/h1-3,6-7,16-17H,4-5,8-13H2. The smallest absolute Gasteiger partial charge is 0.211 e. The Kier molecular flexibility index (Phi) is 5.18. The van der Waals surface area contributed by atoms with Crippen molar-refractivity contribution in [3.63, 3.8) is 0 Å². The van der Waals surface area contributed by atoms with Gasteiger partial charge in [-0.05, 0) is 24.8 Å². The van der Waals surface area contributed by atoms with Gasteiger partial charge < -0.3 is 5.11 Å². The largest absolute Gasteiger partial charge is 0.396 e. The molecular weight excluding hydrogens is 274 g/mol. The van der Waals surface area contributed by atoms with Crippen molar-refractivity contribution in [3.05, 3.63) is 35.9 Å². The van der Waals surface area contributed by atoms with E-state index in [9.17, 15) is 13.5 Å². The number of sulfonamides is 1. The van der Waals surface area contributed by atoms with Crippen LogP contribution < -0.4 is 4.72 Å². The number of aliphatic hydroxyl groups excluding tert-OH is 1. The number of nitrogens with one attached hydrogen (secondary N) is 1. The molecule has 0 aliphatic heterocycles. The van der Waals surface area contributed by atoms with E-state index in [2.05, 4.69) is 4.72 Å². The molecule has 5 heteroatoms. The second-order valence-corrected chi connectivity index (χ2v) is 7.67. The molecule has 20 heavy (non-hydrogen) atoms. The summed E-state index contributed by atoms with van der Waals surface area (Å²) < 4.78 is 26.7. The molecule has 4 nitrogen and oxygen atoms in total. The summed E-state index contributed by atoms with van der Waals surface area (Å²) in [6, 6.07) is 9.61. The molecule has 2 N–H and O–H groups in total. The number of benzene rings is 1. The van der Waals surface area contributed by atoms with E-state index in [1.165, 1.54) is 0 Å². The maximum absolute atomic E-state index is 12.0. The zero-order chi connectivity index (χ0) is 14.5. The van der Waals surface area contributed by atoms with Crippen LogP contribution in [-0.4, -0.2) is 32.4 Å². The molecule has 0 aromatic heterocycles. The lowest BCUT2D eigenvalue weighted by Crippen LogP contribution is -2.39. The molecule has 1 aromatic carbocycles. The SMILES string of the molecule is O=S(=O)(CCc1ccccc1)NCC1(CO)CCCC1. The molecule has 1 fully saturated rings. The van der Waals surface area contributed by atoms with E-state index in [4.69, 9.17) is 0 Å². The minimum atomic E-state index is -3.28. The lowest BCUT2D eigenvalue weighted by atomic mass is 9.88. The summed E-state index contributed by atoms with van der Waals surface area (Å²) in [6.45, 7) is 0.425. The first-order valence-electron chi connectivity index (χ1n) is 7.17. The summed E-state index contributed by atoms with van der Waals surface area (Å²) in [4.78, 5) is 0. The highest BCUT2D eigenvalue weighted by atomic mass is 32.2. The van der Waals surface area contributed by atoms with E-state index in [0.29, 0.717) is 13.0 Å². The Balaban J connectivity index is 1.85. The van der Waals surface area contributed by atoms with Crippen molar-refractivity contribution in [2.24, 2.45) is 5.41 Å². The van der Waals surface area contributed by atoms with Crippen LogP contribution >= 0.6 is 0 Å². The van der Waals surface area contributed by atoms with Gasteiger partial charge in [-0.3, -0.25) is 0 Å². The molecule has 0 unspecified atom stereocenters. The van der Waals surface area contributed by atoms with E-state index >= 15 is 0 Å². The number of aliphatic hydroxyl groups is 1. The molecule has 0 spiro atoms. The van der Waals surface area contributed by atoms with Crippen molar-refractivity contribution < 1.29 is 13.5 Å². The second kappa shape index (κ2) is 6.70. The van der Waals surface area contributed by atoms with Gasteiger partial charge >= 0.3 is 0 Å². The average Bonchev–Trinajstić information content (AvgIpc) is 2.94. The predicted octanol–water partition coefficient (Wildman–Crippen LogP) is 1.70. The normalized spacial score (nSPS) is 18.2. The first-order chi connectivity index (χ1) is 9.55. The Bertz CT molecular complexity index is 507. The average molecular weight is 297 g/mol. The zero-order valence-corrected chi connectivity index (χ0v) is 12.5. The quantitative estimate of drug-likeness (QED) is 0.805. The number of hydrogen-bond donors (Lipinski definition) is 2. The van der Waals surface area contributed by atoms with Gasteiger partial charge in [0.05, 0.1) is 5.75 Å². The predicted molar refractivity (Wildman–Crippen MR) is 79.9 cm³/mol. The van der Waals surface area contributed by atoms with Gasteiger partial charge in [0, 0.05) is 18.6 Å². The third kappa shape index (κ3) is 4.30. The van der Waals surface area contributed by atoms with E-state index < -0.39 is 10.0 Å². The monoisotopic (exact) mass is 297 g/mol. The van der Waals surface area contributed by atoms with Gasteiger partial charge in [-0.15, -0.1) is 0 Å². The van der Waals surface area contributed by atoms with Gasteiger partial charge in [0.1, 0.15) is 0 Å². The van der Waals surface area contributed by atoms with E-state index in [-0.39, 0.29) is 17.8 Å². The number of aryl methyl sites for hydroxylation is 1.